The van der Waals surface area contributed by atoms with Gasteiger partial charge in [0.2, 0.25) is 0 Å². The predicted octanol–water partition coefficient (Wildman–Crippen LogP) is -1.37. The fourth-order valence-corrected chi connectivity index (χ4v) is 1.19. The van der Waals surface area contributed by atoms with Crippen LogP contribution < -0.4 is 14.7 Å². The van der Waals surface area contributed by atoms with Crippen LogP contribution >= 0.6 is 33.0 Å². The molecular weight excluding hydrogens is 495 g/mol. The van der Waals surface area contributed by atoms with Gasteiger partial charge in [-0.3, -0.25) is 0 Å². The molecule has 17 heteroatoms. The average Bonchev–Trinajstić information content (AvgIpc) is 2.14. The molecule has 0 spiro atoms. The quantitative estimate of drug-likeness (QED) is 0.212. The largest absolute Gasteiger partial charge is 0.692 e. The molecule has 0 amide bonds. The summed E-state index contributed by atoms with van der Waals surface area (Å²) in [5.74, 6) is 0. The molecule has 1 atom stereocenters. The van der Waals surface area contributed by atoms with Crippen LogP contribution in [0, 0.1) is 0 Å². The smallest absolute Gasteiger partial charge is 0.598 e. The summed E-state index contributed by atoms with van der Waals surface area (Å²) in [5.41, 5.74) is 0. The SMILES string of the molecule is C.CCC[CH2][Sn+3].O=[P+](O)O.O=[P+](O)O.O=[P+]([O-])O.O=[P+]([O-])[O-]. The van der Waals surface area contributed by atoms with Crippen molar-refractivity contribution in [3.8, 4) is 0 Å². The molecule has 1 unspecified atom stereocenters. The molecule has 0 saturated carbocycles. The van der Waals surface area contributed by atoms with E-state index in [4.69, 9.17) is 57.4 Å². The van der Waals surface area contributed by atoms with E-state index in [9.17, 15) is 0 Å². The Bertz CT molecular complexity index is 210. The fraction of sp³-hybridized carbons (Fsp3) is 1.00. The molecule has 0 aliphatic heterocycles. The van der Waals surface area contributed by atoms with E-state index in [0.29, 0.717) is 0 Å². The third-order valence-electron chi connectivity index (χ3n) is 0.530. The Balaban J connectivity index is -0.0000000361. The zero-order valence-electron chi connectivity index (χ0n) is 10.5. The van der Waals surface area contributed by atoms with Crippen molar-refractivity contribution in [2.45, 2.75) is 31.6 Å². The summed E-state index contributed by atoms with van der Waals surface area (Å²) in [4.78, 5) is 61.0. The van der Waals surface area contributed by atoms with Crippen LogP contribution in [0.2, 0.25) is 4.44 Å². The molecule has 22 heavy (non-hydrogen) atoms. The van der Waals surface area contributed by atoms with Gasteiger partial charge in [0.25, 0.3) is 8.25 Å². The van der Waals surface area contributed by atoms with Gasteiger partial charge < -0.3 is 14.7 Å². The second-order valence-corrected chi connectivity index (χ2v) is 5.43. The summed E-state index contributed by atoms with van der Waals surface area (Å²) in [5, 5.41) is 0. The first-order chi connectivity index (χ1) is 9.34. The van der Waals surface area contributed by atoms with E-state index in [1.54, 1.807) is 22.5 Å². The van der Waals surface area contributed by atoms with E-state index in [0.717, 1.165) is 0 Å². The van der Waals surface area contributed by atoms with Crippen LogP contribution in [0.1, 0.15) is 27.2 Å². The predicted molar refractivity (Wildman–Crippen MR) is 73.7 cm³/mol. The van der Waals surface area contributed by atoms with Crippen molar-refractivity contribution in [2.24, 2.45) is 0 Å². The van der Waals surface area contributed by atoms with Crippen LogP contribution in [0.15, 0.2) is 0 Å². The topological polar surface area (TPSA) is 239 Å². The van der Waals surface area contributed by atoms with Gasteiger partial charge in [-0.2, -0.15) is 4.89 Å². The zero-order chi connectivity index (χ0) is 18.4. The Hall–Kier alpha value is 0.879. The van der Waals surface area contributed by atoms with Gasteiger partial charge in [-0.15, -0.1) is 19.6 Å². The molecule has 0 aliphatic rings. The van der Waals surface area contributed by atoms with Crippen LogP contribution in [-0.4, -0.2) is 47.0 Å². The Morgan fingerprint density at radius 1 is 0.864 bits per heavy atom. The second-order valence-electron chi connectivity index (χ2n) is 2.07. The molecule has 5 N–H and O–H groups in total. The third kappa shape index (κ3) is 996. The van der Waals surface area contributed by atoms with Crippen molar-refractivity contribution in [1.82, 2.24) is 0 Å². The second kappa shape index (κ2) is 37.8. The van der Waals surface area contributed by atoms with E-state index in [1.807, 2.05) is 0 Å². The van der Waals surface area contributed by atoms with Crippen molar-refractivity contribution >= 4 is 55.5 Å². The van der Waals surface area contributed by atoms with E-state index >= 15 is 0 Å². The molecule has 0 rings (SSSR count). The molecule has 0 saturated heterocycles. The van der Waals surface area contributed by atoms with Crippen LogP contribution in [-0.2, 0) is 18.3 Å². The molecule has 0 radical (unpaired) electrons. The van der Waals surface area contributed by atoms with Crippen molar-refractivity contribution < 1.29 is 57.4 Å². The maximum atomic E-state index is 8.70. The molecule has 130 valence electrons. The zero-order valence-corrected chi connectivity index (χ0v) is 16.9. The first kappa shape index (κ1) is 38.4. The standard InChI is InChI=1S/C4H9.CH4.4HO3P.Sn/c1-3-4-2;;4*1-4(2)3;/h1,3-4H2,2H3;1H4;2*(H-,1,2,3);2*(H,1,2,3);/q;;;;;;+3/p+1. The summed E-state index contributed by atoms with van der Waals surface area (Å²) in [6.45, 7) is 2.23. The van der Waals surface area contributed by atoms with Gasteiger partial charge >= 0.3 is 71.5 Å². The first-order valence-corrected chi connectivity index (χ1v) is 10.9. The molecule has 0 heterocycles. The summed E-state index contributed by atoms with van der Waals surface area (Å²) >= 11 is 1.68. The first-order valence-electron chi connectivity index (χ1n) is 4.34. The summed E-state index contributed by atoms with van der Waals surface area (Å²) in [7, 11) is -12.2. The number of unbranched alkanes of at least 4 members (excludes halogenated alkanes) is 1. The number of rotatable bonds is 2. The third-order valence-corrected chi connectivity index (χ3v) is 1.54. The molecule has 0 bridgehead atoms. The van der Waals surface area contributed by atoms with Gasteiger partial charge in [0, 0.05) is 9.13 Å². The minimum Gasteiger partial charge on any atom is -0.598 e. The number of hydrogen-bond donors (Lipinski definition) is 5. The Morgan fingerprint density at radius 3 is 1.00 bits per heavy atom. The minimum atomic E-state index is -3.37. The molecule has 0 fully saturated rings. The average molecular weight is 513 g/mol. The van der Waals surface area contributed by atoms with Crippen LogP contribution in [0.5, 0.6) is 0 Å². The Morgan fingerprint density at radius 2 is 1.00 bits per heavy atom. The molecule has 0 aromatic carbocycles. The summed E-state index contributed by atoms with van der Waals surface area (Å²) < 4.78 is 35.9. The van der Waals surface area contributed by atoms with Crippen molar-refractivity contribution in [3.63, 3.8) is 0 Å². The Kier molecular flexibility index (Phi) is 66.1. The monoisotopic (exact) mass is 514 g/mol. The van der Waals surface area contributed by atoms with Gasteiger partial charge in [0.15, 0.2) is 0 Å². The van der Waals surface area contributed by atoms with Crippen LogP contribution in [0.4, 0.5) is 0 Å². The van der Waals surface area contributed by atoms with Gasteiger partial charge in [-0.05, 0) is 4.57 Å². The maximum absolute atomic E-state index is 8.70. The van der Waals surface area contributed by atoms with E-state index in [2.05, 4.69) is 6.92 Å². The number of hydrogen-bond acceptors (Lipinski definition) is 7. The van der Waals surface area contributed by atoms with Crippen molar-refractivity contribution in [1.29, 1.82) is 0 Å². The van der Waals surface area contributed by atoms with Crippen LogP contribution in [0.25, 0.3) is 0 Å². The van der Waals surface area contributed by atoms with E-state index in [1.165, 1.54) is 17.3 Å². The fourth-order valence-electron chi connectivity index (χ4n) is 0.177. The van der Waals surface area contributed by atoms with Gasteiger partial charge in [0.05, 0.1) is 0 Å². The van der Waals surface area contributed by atoms with Gasteiger partial charge in [-0.1, -0.05) is 12.0 Å². The van der Waals surface area contributed by atoms with Crippen LogP contribution in [0.3, 0.4) is 0 Å². The minimum absolute atomic E-state index is 0. The van der Waals surface area contributed by atoms with Crippen molar-refractivity contribution in [2.75, 3.05) is 0 Å². The van der Waals surface area contributed by atoms with Gasteiger partial charge in [-0.25, -0.2) is 0 Å². The molecule has 0 aliphatic carbocycles. The van der Waals surface area contributed by atoms with Crippen molar-refractivity contribution in [3.05, 3.63) is 0 Å². The molecule has 0 aromatic heterocycles. The maximum Gasteiger partial charge on any atom is 0.692 e. The van der Waals surface area contributed by atoms with E-state index < -0.39 is 33.0 Å². The van der Waals surface area contributed by atoms with Gasteiger partial charge in [0.1, 0.15) is 0 Å². The summed E-state index contributed by atoms with van der Waals surface area (Å²) in [6, 6.07) is 0. The molecular formula is C5H18O12P4Sn+4. The normalized spacial score (nSPS) is 7.50. The Labute approximate surface area is 144 Å². The van der Waals surface area contributed by atoms with E-state index in [-0.39, 0.29) is 7.43 Å². The molecule has 0 aromatic rings. The summed E-state index contributed by atoms with van der Waals surface area (Å²) in [6.07, 6.45) is 2.80. The molecule has 12 nitrogen and oxygen atoms in total.